The Morgan fingerprint density at radius 3 is 1.87 bits per heavy atom. The fraction of sp³-hybridized carbons (Fsp3) is 0.419. The second-order valence-electron chi connectivity index (χ2n) is 25.0. The lowest BCUT2D eigenvalue weighted by Crippen LogP contribution is -2.64. The lowest BCUT2D eigenvalue weighted by molar-refractivity contribution is 0.194. The third-order valence-corrected chi connectivity index (χ3v) is 20.5. The Balaban J connectivity index is 1.22. The van der Waals surface area contributed by atoms with Gasteiger partial charge in [0.2, 0.25) is 0 Å². The van der Waals surface area contributed by atoms with Crippen molar-refractivity contribution in [3.63, 3.8) is 0 Å². The smallest absolute Gasteiger partial charge is 0.252 e. The fourth-order valence-electron chi connectivity index (χ4n) is 15.2. The molecule has 0 amide bonds. The van der Waals surface area contributed by atoms with Gasteiger partial charge in [-0.05, 0) is 150 Å². The number of anilines is 7. The number of aryl methyl sites for hydroxylation is 2. The van der Waals surface area contributed by atoms with E-state index in [-0.39, 0.29) is 45.3 Å². The van der Waals surface area contributed by atoms with Crippen LogP contribution in [0.3, 0.4) is 0 Å². The van der Waals surface area contributed by atoms with Gasteiger partial charge in [0.1, 0.15) is 5.82 Å². The Kier molecular flexibility index (Phi) is 8.61. The molecule has 2 aliphatic carbocycles. The zero-order valence-electron chi connectivity index (χ0n) is 42.5. The molecule has 4 unspecified atom stereocenters. The molecule has 6 aromatic carbocycles. The van der Waals surface area contributed by atoms with Crippen LogP contribution in [0.4, 0.5) is 44.2 Å². The van der Waals surface area contributed by atoms with Crippen LogP contribution in [0.25, 0.3) is 20.2 Å². The number of hydrogen-bond donors (Lipinski definition) is 0. The predicted molar refractivity (Wildman–Crippen MR) is 291 cm³/mol. The minimum absolute atomic E-state index is 0.00547. The number of fused-ring (bicyclic) bond motifs is 14. The quantitative estimate of drug-likeness (QED) is 0.160. The van der Waals surface area contributed by atoms with E-state index in [1.165, 1.54) is 118 Å². The molecule has 6 aliphatic rings. The average Bonchev–Trinajstić information content (AvgIpc) is 3.84. The van der Waals surface area contributed by atoms with Crippen molar-refractivity contribution in [2.45, 2.75) is 167 Å². The van der Waals surface area contributed by atoms with Gasteiger partial charge in [-0.3, -0.25) is 0 Å². The Bertz CT molecular complexity index is 3350. The highest BCUT2D eigenvalue weighted by molar-refractivity contribution is 7.26. The highest BCUT2D eigenvalue weighted by atomic mass is 32.1. The number of hydrogen-bond acceptors (Lipinski definition) is 4. The van der Waals surface area contributed by atoms with Gasteiger partial charge in [-0.15, -0.1) is 11.3 Å². The summed E-state index contributed by atoms with van der Waals surface area (Å²) in [5.41, 5.74) is 20.9. The highest BCUT2D eigenvalue weighted by Gasteiger charge is 2.63. The Hall–Kier alpha value is -5.07. The maximum Gasteiger partial charge on any atom is 0.252 e. The van der Waals surface area contributed by atoms with Gasteiger partial charge in [-0.2, -0.15) is 0 Å². The Morgan fingerprint density at radius 2 is 1.18 bits per heavy atom. The third kappa shape index (κ3) is 5.26. The summed E-state index contributed by atoms with van der Waals surface area (Å²) in [6.45, 7) is 29.2. The van der Waals surface area contributed by atoms with Crippen LogP contribution in [0.2, 0.25) is 0 Å². The molecule has 5 heterocycles. The maximum absolute atomic E-state index is 15.7. The summed E-state index contributed by atoms with van der Waals surface area (Å²) in [6.07, 6.45) is 9.22. The number of thiophene rings is 1. The van der Waals surface area contributed by atoms with Crippen molar-refractivity contribution in [2.24, 2.45) is 0 Å². The van der Waals surface area contributed by atoms with Gasteiger partial charge in [-0.1, -0.05) is 136 Å². The molecule has 346 valence electrons. The van der Waals surface area contributed by atoms with Crippen LogP contribution in [0, 0.1) is 19.7 Å². The molecule has 7 aromatic rings. The molecule has 0 saturated heterocycles. The molecule has 3 nitrogen and oxygen atoms in total. The van der Waals surface area contributed by atoms with Crippen LogP contribution in [0.5, 0.6) is 0 Å². The first kappa shape index (κ1) is 43.0. The van der Waals surface area contributed by atoms with Crippen LogP contribution < -0.4 is 31.1 Å². The zero-order chi connectivity index (χ0) is 47.4. The SMILES string of the molecule is Cc1cc(C(C)(C)C)cc(C)c1N1c2cc(N3c4ccc(F)cc4C4(C)CCCCC34C)cc3c2B(c2cc(C(C)(C)C)cc4c2N3C2(C)CCCCC42C)c2ccc3c(sc4ccccc43)c21. The molecular formula is C62H67BFN3S. The van der Waals surface area contributed by atoms with Crippen LogP contribution in [-0.4, -0.2) is 17.8 Å². The van der Waals surface area contributed by atoms with E-state index in [0.29, 0.717) is 0 Å². The second kappa shape index (κ2) is 13.6. The van der Waals surface area contributed by atoms with Crippen LogP contribution in [0.1, 0.15) is 154 Å². The minimum Gasteiger partial charge on any atom is -0.335 e. The van der Waals surface area contributed by atoms with Crippen LogP contribution in [-0.2, 0) is 21.7 Å². The zero-order valence-corrected chi connectivity index (χ0v) is 43.3. The standard InChI is InChI=1S/C62H67BFN3S/c1-36-29-38(57(3,4)5)30-37(2)53(36)65-49-34-41(66-48-24-21-40(64)33-44(48)59(9)25-15-17-27-61(59,66)11)35-50-52(49)63(46-23-22-43-42-19-13-14-20-51(42)68-56(43)55(46)65)47-32-39(58(6,7)8)31-45-54(47)67(50)62(12)28-18-16-26-60(45,62)10/h13-14,19-24,29-35H,15-18,25-28H2,1-12H3. The molecule has 2 fully saturated rings. The largest absolute Gasteiger partial charge is 0.335 e. The normalized spacial score (nSPS) is 25.7. The van der Waals surface area contributed by atoms with Gasteiger partial charge >= 0.3 is 0 Å². The van der Waals surface area contributed by atoms with Gasteiger partial charge in [0.25, 0.3) is 6.71 Å². The molecular weight excluding hydrogens is 849 g/mol. The molecule has 2 saturated carbocycles. The molecule has 4 aliphatic heterocycles. The molecule has 0 spiro atoms. The van der Waals surface area contributed by atoms with E-state index >= 15 is 4.39 Å². The molecule has 0 bridgehead atoms. The summed E-state index contributed by atoms with van der Waals surface area (Å²) in [7, 11) is 0. The van der Waals surface area contributed by atoms with E-state index in [2.05, 4.69) is 177 Å². The summed E-state index contributed by atoms with van der Waals surface area (Å²) in [5.74, 6) is -0.136. The summed E-state index contributed by atoms with van der Waals surface area (Å²) in [6, 6.07) is 35.2. The average molecular weight is 916 g/mol. The van der Waals surface area contributed by atoms with Crippen LogP contribution in [0.15, 0.2) is 91.0 Å². The van der Waals surface area contributed by atoms with Crippen molar-refractivity contribution < 1.29 is 4.39 Å². The van der Waals surface area contributed by atoms with E-state index in [9.17, 15) is 0 Å². The van der Waals surface area contributed by atoms with Crippen molar-refractivity contribution in [3.05, 3.63) is 130 Å². The molecule has 6 heteroatoms. The highest BCUT2D eigenvalue weighted by Crippen LogP contribution is 2.65. The van der Waals surface area contributed by atoms with Crippen molar-refractivity contribution >= 4 is 94.4 Å². The summed E-state index contributed by atoms with van der Waals surface area (Å²) < 4.78 is 18.3. The predicted octanol–water partition coefficient (Wildman–Crippen LogP) is 15.5. The molecule has 1 aromatic heterocycles. The molecule has 68 heavy (non-hydrogen) atoms. The van der Waals surface area contributed by atoms with Crippen molar-refractivity contribution in [3.8, 4) is 0 Å². The molecule has 0 N–H and O–H groups in total. The van der Waals surface area contributed by atoms with Gasteiger partial charge in [0.15, 0.2) is 0 Å². The van der Waals surface area contributed by atoms with Gasteiger partial charge in [0.05, 0.1) is 27.2 Å². The molecule has 13 rings (SSSR count). The van der Waals surface area contributed by atoms with E-state index in [1.54, 1.807) is 11.6 Å². The lowest BCUT2D eigenvalue weighted by Gasteiger charge is -2.54. The Labute approximate surface area is 408 Å². The first-order valence-corrected chi connectivity index (χ1v) is 26.6. The number of halogens is 1. The summed E-state index contributed by atoms with van der Waals surface area (Å²) in [5, 5.41) is 2.65. The van der Waals surface area contributed by atoms with Gasteiger partial charge < -0.3 is 14.7 Å². The first-order chi connectivity index (χ1) is 32.2. The molecule has 4 atom stereocenters. The monoisotopic (exact) mass is 916 g/mol. The van der Waals surface area contributed by atoms with E-state index in [4.69, 9.17) is 0 Å². The molecule has 0 radical (unpaired) electrons. The topological polar surface area (TPSA) is 9.72 Å². The van der Waals surface area contributed by atoms with Crippen molar-refractivity contribution in [1.82, 2.24) is 0 Å². The summed E-state index contributed by atoms with van der Waals surface area (Å²) in [4.78, 5) is 8.38. The number of nitrogens with zero attached hydrogens (tertiary/aromatic N) is 3. The van der Waals surface area contributed by atoms with Crippen molar-refractivity contribution in [1.29, 1.82) is 0 Å². The van der Waals surface area contributed by atoms with E-state index < -0.39 is 0 Å². The Morgan fingerprint density at radius 1 is 0.559 bits per heavy atom. The van der Waals surface area contributed by atoms with E-state index in [0.717, 1.165) is 37.7 Å². The number of rotatable bonds is 2. The fourth-order valence-corrected chi connectivity index (χ4v) is 16.5. The van der Waals surface area contributed by atoms with Crippen LogP contribution >= 0.6 is 11.3 Å². The lowest BCUT2D eigenvalue weighted by atomic mass is 9.33. The minimum atomic E-state index is -0.244. The third-order valence-electron chi connectivity index (χ3n) is 19.3. The first-order valence-electron chi connectivity index (χ1n) is 25.8. The summed E-state index contributed by atoms with van der Waals surface area (Å²) >= 11 is 1.96. The van der Waals surface area contributed by atoms with Gasteiger partial charge in [-0.25, -0.2) is 4.39 Å². The van der Waals surface area contributed by atoms with Crippen molar-refractivity contribution in [2.75, 3.05) is 14.7 Å². The second-order valence-corrected chi connectivity index (χ2v) is 26.1. The van der Waals surface area contributed by atoms with Gasteiger partial charge in [0, 0.05) is 54.7 Å². The maximum atomic E-state index is 15.7. The number of benzene rings is 6. The van der Waals surface area contributed by atoms with E-state index in [1.807, 2.05) is 17.4 Å².